The van der Waals surface area contributed by atoms with E-state index in [-0.39, 0.29) is 17.8 Å². The maximum atomic E-state index is 13.7. The van der Waals surface area contributed by atoms with Crippen molar-refractivity contribution in [2.45, 2.75) is 6.42 Å². The molecule has 0 N–H and O–H groups in total. The highest BCUT2D eigenvalue weighted by atomic mass is 79.9. The van der Waals surface area contributed by atoms with Gasteiger partial charge in [0.2, 0.25) is 0 Å². The second-order valence-electron chi connectivity index (χ2n) is 4.48. The molecule has 3 rings (SSSR count). The molecule has 1 heterocycles. The summed E-state index contributed by atoms with van der Waals surface area (Å²) < 4.78 is 15.6. The Morgan fingerprint density at radius 2 is 2.00 bits per heavy atom. The number of ketones is 1. The summed E-state index contributed by atoms with van der Waals surface area (Å²) in [5.41, 5.74) is 1.09. The molecule has 100 valence electrons. The molecule has 3 aromatic rings. The Hall–Kier alpha value is -1.52. The highest BCUT2D eigenvalue weighted by molar-refractivity contribution is 9.10. The summed E-state index contributed by atoms with van der Waals surface area (Å²) in [6, 6.07) is 12.4. The minimum absolute atomic E-state index is 0.134. The zero-order valence-corrected chi connectivity index (χ0v) is 12.8. The molecule has 20 heavy (non-hydrogen) atoms. The van der Waals surface area contributed by atoms with Crippen molar-refractivity contribution in [3.05, 3.63) is 69.3 Å². The van der Waals surface area contributed by atoms with Crippen molar-refractivity contribution in [3.8, 4) is 0 Å². The molecule has 0 radical (unpaired) electrons. The predicted octanol–water partition coefficient (Wildman–Crippen LogP) is 5.23. The van der Waals surface area contributed by atoms with Gasteiger partial charge >= 0.3 is 0 Å². The van der Waals surface area contributed by atoms with Crippen molar-refractivity contribution < 1.29 is 9.18 Å². The number of carbonyl (C=O) groups excluding carboxylic acids is 1. The first-order valence-electron chi connectivity index (χ1n) is 6.08. The monoisotopic (exact) mass is 348 g/mol. The minimum Gasteiger partial charge on any atom is -0.294 e. The summed E-state index contributed by atoms with van der Waals surface area (Å²) in [5.74, 6) is -0.676. The fraction of sp³-hybridized carbons (Fsp3) is 0.0625. The Balaban J connectivity index is 1.94. The SMILES string of the molecule is O=C(Cc1csc2ccccc12)c1cc(Br)ccc1F. The van der Waals surface area contributed by atoms with Crippen LogP contribution in [0.4, 0.5) is 4.39 Å². The smallest absolute Gasteiger partial charge is 0.170 e. The molecule has 0 bridgehead atoms. The molecular formula is C16H10BrFOS. The van der Waals surface area contributed by atoms with Crippen LogP contribution in [0, 0.1) is 5.82 Å². The van der Waals surface area contributed by atoms with Crippen molar-refractivity contribution in [3.63, 3.8) is 0 Å². The van der Waals surface area contributed by atoms with Crippen LogP contribution in [0.2, 0.25) is 0 Å². The number of halogens is 2. The predicted molar refractivity (Wildman–Crippen MR) is 84.0 cm³/mol. The topological polar surface area (TPSA) is 17.1 Å². The van der Waals surface area contributed by atoms with Crippen molar-refractivity contribution in [2.75, 3.05) is 0 Å². The Bertz CT molecular complexity index is 794. The fourth-order valence-electron chi connectivity index (χ4n) is 2.15. The summed E-state index contributed by atoms with van der Waals surface area (Å²) >= 11 is 4.87. The largest absolute Gasteiger partial charge is 0.294 e. The first-order chi connectivity index (χ1) is 9.65. The lowest BCUT2D eigenvalue weighted by molar-refractivity contribution is 0.0989. The molecule has 0 amide bonds. The van der Waals surface area contributed by atoms with Gasteiger partial charge in [0.15, 0.2) is 5.78 Å². The van der Waals surface area contributed by atoms with Crippen LogP contribution in [0.5, 0.6) is 0 Å². The van der Waals surface area contributed by atoms with Gasteiger partial charge in [0, 0.05) is 15.6 Å². The number of hydrogen-bond acceptors (Lipinski definition) is 2. The summed E-state index contributed by atoms with van der Waals surface area (Å²) in [6.45, 7) is 0. The van der Waals surface area contributed by atoms with Gasteiger partial charge in [-0.25, -0.2) is 4.39 Å². The van der Waals surface area contributed by atoms with E-state index in [2.05, 4.69) is 15.9 Å². The highest BCUT2D eigenvalue weighted by Gasteiger charge is 2.15. The highest BCUT2D eigenvalue weighted by Crippen LogP contribution is 2.27. The summed E-state index contributed by atoms with van der Waals surface area (Å²) in [4.78, 5) is 12.3. The van der Waals surface area contributed by atoms with Gasteiger partial charge in [-0.1, -0.05) is 34.1 Å². The lowest BCUT2D eigenvalue weighted by Gasteiger charge is -2.03. The Labute approximate surface area is 128 Å². The van der Waals surface area contributed by atoms with Crippen molar-refractivity contribution >= 4 is 43.1 Å². The van der Waals surface area contributed by atoms with Crippen LogP contribution in [0.3, 0.4) is 0 Å². The third-order valence-electron chi connectivity index (χ3n) is 3.14. The molecule has 0 spiro atoms. The molecule has 0 atom stereocenters. The lowest BCUT2D eigenvalue weighted by atomic mass is 10.0. The average Bonchev–Trinajstić information content (AvgIpc) is 2.85. The molecule has 0 fully saturated rings. The molecule has 4 heteroatoms. The van der Waals surface area contributed by atoms with Crippen LogP contribution < -0.4 is 0 Å². The average molecular weight is 349 g/mol. The van der Waals surface area contributed by atoms with Crippen LogP contribution in [0.15, 0.2) is 52.3 Å². The number of thiophene rings is 1. The second kappa shape index (κ2) is 5.46. The number of rotatable bonds is 3. The number of carbonyl (C=O) groups is 1. The summed E-state index contributed by atoms with van der Waals surface area (Å²) in [6.07, 6.45) is 0.220. The number of hydrogen-bond donors (Lipinski definition) is 0. The van der Waals surface area contributed by atoms with Gasteiger partial charge in [0.05, 0.1) is 5.56 Å². The Morgan fingerprint density at radius 3 is 2.85 bits per heavy atom. The molecule has 1 nitrogen and oxygen atoms in total. The van der Waals surface area contributed by atoms with E-state index in [9.17, 15) is 9.18 Å². The third-order valence-corrected chi connectivity index (χ3v) is 4.65. The zero-order valence-electron chi connectivity index (χ0n) is 10.4. The van der Waals surface area contributed by atoms with Crippen LogP contribution in [0.1, 0.15) is 15.9 Å². The zero-order chi connectivity index (χ0) is 14.1. The fourth-order valence-corrected chi connectivity index (χ4v) is 3.47. The number of Topliss-reactive ketones (excluding diaryl/α,β-unsaturated/α-hetero) is 1. The normalized spacial score (nSPS) is 10.9. The van der Waals surface area contributed by atoms with Crippen LogP contribution >= 0.6 is 27.3 Å². The van der Waals surface area contributed by atoms with Gasteiger partial charge in [-0.3, -0.25) is 4.79 Å². The number of fused-ring (bicyclic) bond motifs is 1. The molecule has 1 aromatic heterocycles. The van der Waals surface area contributed by atoms with E-state index in [0.29, 0.717) is 4.47 Å². The van der Waals surface area contributed by atoms with E-state index >= 15 is 0 Å². The van der Waals surface area contributed by atoms with Gasteiger partial charge in [0.25, 0.3) is 0 Å². The van der Waals surface area contributed by atoms with E-state index < -0.39 is 5.82 Å². The molecule has 0 aliphatic heterocycles. The van der Waals surface area contributed by atoms with Gasteiger partial charge in [-0.15, -0.1) is 11.3 Å². The molecular weight excluding hydrogens is 339 g/mol. The molecule has 0 aliphatic rings. The molecule has 0 aliphatic carbocycles. The number of benzene rings is 2. The van der Waals surface area contributed by atoms with E-state index in [4.69, 9.17) is 0 Å². The van der Waals surface area contributed by atoms with Gasteiger partial charge < -0.3 is 0 Å². The van der Waals surface area contributed by atoms with Gasteiger partial charge in [-0.05, 0) is 40.6 Å². The second-order valence-corrected chi connectivity index (χ2v) is 6.31. The first-order valence-corrected chi connectivity index (χ1v) is 7.76. The Kier molecular flexibility index (Phi) is 3.68. The first kappa shape index (κ1) is 13.5. The quantitative estimate of drug-likeness (QED) is 0.592. The van der Waals surface area contributed by atoms with Crippen molar-refractivity contribution in [1.29, 1.82) is 0 Å². The summed E-state index contributed by atoms with van der Waals surface area (Å²) in [5, 5.41) is 3.04. The van der Waals surface area contributed by atoms with E-state index in [1.807, 2.05) is 29.6 Å². The summed E-state index contributed by atoms with van der Waals surface area (Å²) in [7, 11) is 0. The molecule has 0 saturated carbocycles. The maximum absolute atomic E-state index is 13.7. The minimum atomic E-state index is -0.474. The van der Waals surface area contributed by atoms with Crippen molar-refractivity contribution in [2.24, 2.45) is 0 Å². The van der Waals surface area contributed by atoms with E-state index in [1.165, 1.54) is 12.1 Å². The van der Waals surface area contributed by atoms with Gasteiger partial charge in [0.1, 0.15) is 5.82 Å². The van der Waals surface area contributed by atoms with Crippen LogP contribution in [0.25, 0.3) is 10.1 Å². The maximum Gasteiger partial charge on any atom is 0.170 e. The van der Waals surface area contributed by atoms with Crippen LogP contribution in [-0.4, -0.2) is 5.78 Å². The standard InChI is InChI=1S/C16H10BrFOS/c17-11-5-6-14(18)13(8-11)15(19)7-10-9-20-16-4-2-1-3-12(10)16/h1-6,8-9H,7H2. The third kappa shape index (κ3) is 2.53. The van der Waals surface area contributed by atoms with Crippen molar-refractivity contribution in [1.82, 2.24) is 0 Å². The molecule has 0 saturated heterocycles. The van der Waals surface area contributed by atoms with Crippen LogP contribution in [-0.2, 0) is 6.42 Å². The lowest BCUT2D eigenvalue weighted by Crippen LogP contribution is -2.05. The van der Waals surface area contributed by atoms with E-state index in [1.54, 1.807) is 17.4 Å². The van der Waals surface area contributed by atoms with E-state index in [0.717, 1.165) is 15.6 Å². The Morgan fingerprint density at radius 1 is 1.20 bits per heavy atom. The molecule has 2 aromatic carbocycles. The van der Waals surface area contributed by atoms with Gasteiger partial charge in [-0.2, -0.15) is 0 Å². The molecule has 0 unspecified atom stereocenters.